The minimum Gasteiger partial charge on any atom is -0.497 e. The lowest BCUT2D eigenvalue weighted by Gasteiger charge is -2.36. The maximum Gasteiger partial charge on any atom is 0.228 e. The molecule has 2 unspecified atom stereocenters. The maximum absolute atomic E-state index is 13.5. The zero-order valence-electron chi connectivity index (χ0n) is 17.6. The zero-order chi connectivity index (χ0) is 20.9. The Bertz CT molecular complexity index is 756. The molecule has 2 amide bonds. The Morgan fingerprint density at radius 3 is 2.90 bits per heavy atom. The van der Waals surface area contributed by atoms with Gasteiger partial charge in [-0.1, -0.05) is 6.07 Å². The topological polar surface area (TPSA) is 62.3 Å². The summed E-state index contributed by atoms with van der Waals surface area (Å²) in [5.41, 5.74) is 0.797. The summed E-state index contributed by atoms with van der Waals surface area (Å²) in [6.07, 6.45) is 1.29. The summed E-state index contributed by atoms with van der Waals surface area (Å²) in [5.74, 6) is 2.63. The number of rotatable bonds is 5. The first kappa shape index (κ1) is 21.5. The monoisotopic (exact) mass is 433 g/mol. The molecular formula is C22H31N3O4S. The number of carbonyl (C=O) groups is 2. The molecule has 0 bridgehead atoms. The molecule has 0 aromatic heterocycles. The molecule has 3 saturated heterocycles. The van der Waals surface area contributed by atoms with E-state index in [4.69, 9.17) is 9.47 Å². The highest BCUT2D eigenvalue weighted by molar-refractivity contribution is 7.99. The number of hydrogen-bond donors (Lipinski definition) is 0. The smallest absolute Gasteiger partial charge is 0.228 e. The van der Waals surface area contributed by atoms with Crippen molar-refractivity contribution in [2.24, 2.45) is 5.92 Å². The number of thioether (sulfide) groups is 1. The van der Waals surface area contributed by atoms with Crippen molar-refractivity contribution in [3.05, 3.63) is 24.3 Å². The van der Waals surface area contributed by atoms with Crippen molar-refractivity contribution in [3.8, 4) is 5.75 Å². The summed E-state index contributed by atoms with van der Waals surface area (Å²) in [4.78, 5) is 32.5. The maximum atomic E-state index is 13.5. The molecule has 1 aromatic carbocycles. The molecule has 3 heterocycles. The molecule has 1 aromatic rings. The van der Waals surface area contributed by atoms with Gasteiger partial charge in [-0.05, 0) is 24.3 Å². The summed E-state index contributed by atoms with van der Waals surface area (Å²) in [7, 11) is 1.61. The number of carbonyl (C=O) groups excluding carboxylic acids is 2. The molecule has 0 spiro atoms. The summed E-state index contributed by atoms with van der Waals surface area (Å²) >= 11 is 1.94. The average Bonchev–Trinajstić information content (AvgIpc) is 3.02. The second-order valence-electron chi connectivity index (χ2n) is 8.13. The SMILES string of the molecule is COc1cccc(N2CC(C(=O)N3CCCSCC3CN3CCOCC3)CC2=O)c1. The van der Waals surface area contributed by atoms with Crippen molar-refractivity contribution in [1.82, 2.24) is 9.80 Å². The van der Waals surface area contributed by atoms with Gasteiger partial charge in [0, 0.05) is 56.7 Å². The molecule has 3 aliphatic heterocycles. The Hall–Kier alpha value is -1.77. The number of hydrogen-bond acceptors (Lipinski definition) is 6. The lowest BCUT2D eigenvalue weighted by Crippen LogP contribution is -2.52. The van der Waals surface area contributed by atoms with Crippen LogP contribution in [-0.4, -0.2) is 92.2 Å². The van der Waals surface area contributed by atoms with Gasteiger partial charge in [-0.15, -0.1) is 0 Å². The lowest BCUT2D eigenvalue weighted by atomic mass is 10.1. The Kier molecular flexibility index (Phi) is 7.17. The molecule has 7 nitrogen and oxygen atoms in total. The predicted octanol–water partition coefficient (Wildman–Crippen LogP) is 1.71. The highest BCUT2D eigenvalue weighted by atomic mass is 32.2. The third-order valence-corrected chi connectivity index (χ3v) is 7.33. The number of anilines is 1. The van der Waals surface area contributed by atoms with Crippen LogP contribution in [0.2, 0.25) is 0 Å². The number of ether oxygens (including phenoxy) is 2. The van der Waals surface area contributed by atoms with Gasteiger partial charge in [-0.25, -0.2) is 0 Å². The normalized spacial score (nSPS) is 26.0. The van der Waals surface area contributed by atoms with Crippen LogP contribution in [0.3, 0.4) is 0 Å². The van der Waals surface area contributed by atoms with Gasteiger partial charge in [0.2, 0.25) is 11.8 Å². The van der Waals surface area contributed by atoms with Gasteiger partial charge < -0.3 is 19.3 Å². The summed E-state index contributed by atoms with van der Waals surface area (Å²) in [6, 6.07) is 7.69. The van der Waals surface area contributed by atoms with Crippen molar-refractivity contribution in [2.75, 3.05) is 69.5 Å². The van der Waals surface area contributed by atoms with Crippen molar-refractivity contribution in [2.45, 2.75) is 18.9 Å². The first-order valence-electron chi connectivity index (χ1n) is 10.8. The zero-order valence-corrected chi connectivity index (χ0v) is 18.4. The van der Waals surface area contributed by atoms with Gasteiger partial charge in [0.25, 0.3) is 0 Å². The van der Waals surface area contributed by atoms with Gasteiger partial charge in [-0.2, -0.15) is 11.8 Å². The fourth-order valence-electron chi connectivity index (χ4n) is 4.49. The Morgan fingerprint density at radius 1 is 1.27 bits per heavy atom. The van der Waals surface area contributed by atoms with Gasteiger partial charge in [0.1, 0.15) is 5.75 Å². The highest BCUT2D eigenvalue weighted by Crippen LogP contribution is 2.30. The van der Waals surface area contributed by atoms with Crippen LogP contribution in [0.5, 0.6) is 5.75 Å². The molecule has 2 atom stereocenters. The summed E-state index contributed by atoms with van der Waals surface area (Å²) < 4.78 is 10.8. The van der Waals surface area contributed by atoms with Crippen LogP contribution in [0.25, 0.3) is 0 Å². The van der Waals surface area contributed by atoms with Crippen molar-refractivity contribution < 1.29 is 19.1 Å². The van der Waals surface area contributed by atoms with Crippen molar-refractivity contribution in [3.63, 3.8) is 0 Å². The molecule has 4 rings (SSSR count). The van der Waals surface area contributed by atoms with Crippen LogP contribution >= 0.6 is 11.8 Å². The van der Waals surface area contributed by atoms with E-state index in [1.54, 1.807) is 12.0 Å². The molecule has 3 fully saturated rings. The predicted molar refractivity (Wildman–Crippen MR) is 118 cm³/mol. The van der Waals surface area contributed by atoms with E-state index < -0.39 is 0 Å². The molecule has 0 radical (unpaired) electrons. The highest BCUT2D eigenvalue weighted by Gasteiger charge is 2.39. The second kappa shape index (κ2) is 10.0. The van der Waals surface area contributed by atoms with Crippen LogP contribution in [0.15, 0.2) is 24.3 Å². The number of morpholine rings is 1. The first-order chi connectivity index (χ1) is 14.7. The Balaban J connectivity index is 1.45. The van der Waals surface area contributed by atoms with Crippen LogP contribution in [0, 0.1) is 5.92 Å². The second-order valence-corrected chi connectivity index (χ2v) is 9.28. The third kappa shape index (κ3) is 4.92. The van der Waals surface area contributed by atoms with E-state index in [0.717, 1.165) is 63.0 Å². The Morgan fingerprint density at radius 2 is 2.10 bits per heavy atom. The molecule has 0 saturated carbocycles. The average molecular weight is 434 g/mol. The van der Waals surface area contributed by atoms with E-state index >= 15 is 0 Å². The fourth-order valence-corrected chi connectivity index (χ4v) is 5.54. The quantitative estimate of drug-likeness (QED) is 0.705. The fraction of sp³-hybridized carbons (Fsp3) is 0.636. The van der Waals surface area contributed by atoms with Crippen LogP contribution in [-0.2, 0) is 14.3 Å². The largest absolute Gasteiger partial charge is 0.497 e. The lowest BCUT2D eigenvalue weighted by molar-refractivity contribution is -0.138. The van der Waals surface area contributed by atoms with Crippen LogP contribution in [0.4, 0.5) is 5.69 Å². The summed E-state index contributed by atoms with van der Waals surface area (Å²) in [6.45, 7) is 5.50. The van der Waals surface area contributed by atoms with Gasteiger partial charge in [-0.3, -0.25) is 14.5 Å². The van der Waals surface area contributed by atoms with Crippen molar-refractivity contribution >= 4 is 29.3 Å². The number of benzene rings is 1. The van der Waals surface area contributed by atoms with Gasteiger partial charge in [0.05, 0.1) is 32.3 Å². The molecule has 3 aliphatic rings. The van der Waals surface area contributed by atoms with E-state index in [2.05, 4.69) is 9.80 Å². The number of nitrogens with zero attached hydrogens (tertiary/aromatic N) is 3. The van der Waals surface area contributed by atoms with E-state index in [9.17, 15) is 9.59 Å². The minimum absolute atomic E-state index is 0.00975. The first-order valence-corrected chi connectivity index (χ1v) is 11.9. The minimum atomic E-state index is -0.279. The molecule has 164 valence electrons. The summed E-state index contributed by atoms with van der Waals surface area (Å²) in [5, 5.41) is 0. The number of methoxy groups -OCH3 is 1. The molecule has 0 aliphatic carbocycles. The van der Waals surface area contributed by atoms with Crippen LogP contribution < -0.4 is 9.64 Å². The molecular weight excluding hydrogens is 402 g/mol. The molecule has 0 N–H and O–H groups in total. The molecule has 8 heteroatoms. The van der Waals surface area contributed by atoms with E-state index in [1.807, 2.05) is 36.0 Å². The van der Waals surface area contributed by atoms with Crippen molar-refractivity contribution in [1.29, 1.82) is 0 Å². The van der Waals surface area contributed by atoms with E-state index in [-0.39, 0.29) is 30.2 Å². The third-order valence-electron chi connectivity index (χ3n) is 6.13. The standard InChI is InChI=1S/C22H31N3O4S/c1-28-20-5-2-4-18(13-20)25-14-17(12-21(25)26)22(27)24-6-3-11-30-16-19(24)15-23-7-9-29-10-8-23/h2,4-5,13,17,19H,3,6-12,14-16H2,1H3. The van der Waals surface area contributed by atoms with Crippen LogP contribution in [0.1, 0.15) is 12.8 Å². The van der Waals surface area contributed by atoms with E-state index in [1.165, 1.54) is 0 Å². The Labute approximate surface area is 182 Å². The molecule has 30 heavy (non-hydrogen) atoms. The van der Waals surface area contributed by atoms with Gasteiger partial charge in [0.15, 0.2) is 0 Å². The number of amides is 2. The van der Waals surface area contributed by atoms with Gasteiger partial charge >= 0.3 is 0 Å². The van der Waals surface area contributed by atoms with E-state index in [0.29, 0.717) is 12.3 Å².